The highest BCUT2D eigenvalue weighted by Gasteiger charge is 2.43. The number of alkyl halides is 2. The maximum Gasteiger partial charge on any atom is 0.586 e. The van der Waals surface area contributed by atoms with Crippen LogP contribution in [0.4, 0.5) is 14.5 Å². The first kappa shape index (κ1) is 19.1. The van der Waals surface area contributed by atoms with Crippen LogP contribution in [-0.2, 0) is 4.79 Å². The minimum absolute atomic E-state index is 0.0471. The van der Waals surface area contributed by atoms with Crippen LogP contribution in [0.1, 0.15) is 50.5 Å². The topological polar surface area (TPSA) is 47.6 Å². The molecule has 0 saturated heterocycles. The largest absolute Gasteiger partial charge is 0.586 e. The van der Waals surface area contributed by atoms with E-state index in [2.05, 4.69) is 45.1 Å². The van der Waals surface area contributed by atoms with E-state index < -0.39 is 6.29 Å². The lowest BCUT2D eigenvalue weighted by Gasteiger charge is -2.21. The SMILES string of the molecule is CC(=O)Nc1ccc2c(c1)OC(F)(F)O2.c1ccc(C2CCCCC2)cc1. The monoisotopic (exact) mass is 375 g/mol. The Labute approximate surface area is 157 Å². The Balaban J connectivity index is 0.000000159. The molecule has 0 atom stereocenters. The molecule has 1 fully saturated rings. The molecule has 144 valence electrons. The Morgan fingerprint density at radius 3 is 2.33 bits per heavy atom. The summed E-state index contributed by atoms with van der Waals surface area (Å²) in [7, 11) is 0. The van der Waals surface area contributed by atoms with Crippen molar-refractivity contribution in [1.82, 2.24) is 0 Å². The van der Waals surface area contributed by atoms with Gasteiger partial charge in [-0.2, -0.15) is 0 Å². The number of benzene rings is 2. The maximum absolute atomic E-state index is 12.6. The van der Waals surface area contributed by atoms with Gasteiger partial charge >= 0.3 is 6.29 Å². The van der Waals surface area contributed by atoms with Crippen molar-refractivity contribution in [1.29, 1.82) is 0 Å². The zero-order chi connectivity index (χ0) is 19.3. The normalized spacial score (nSPS) is 17.6. The number of ether oxygens (including phenoxy) is 2. The van der Waals surface area contributed by atoms with Gasteiger partial charge in [0.15, 0.2) is 11.5 Å². The molecule has 2 aromatic rings. The third kappa shape index (κ3) is 5.42. The lowest BCUT2D eigenvalue weighted by molar-refractivity contribution is -0.286. The van der Waals surface area contributed by atoms with Gasteiger partial charge in [0.2, 0.25) is 5.91 Å². The molecule has 0 radical (unpaired) electrons. The van der Waals surface area contributed by atoms with Crippen molar-refractivity contribution in [2.24, 2.45) is 0 Å². The van der Waals surface area contributed by atoms with Crippen LogP contribution in [0, 0.1) is 0 Å². The van der Waals surface area contributed by atoms with Gasteiger partial charge in [0, 0.05) is 18.7 Å². The summed E-state index contributed by atoms with van der Waals surface area (Å²) in [6.45, 7) is 1.32. The molecule has 1 heterocycles. The first-order valence-electron chi connectivity index (χ1n) is 9.15. The average molecular weight is 375 g/mol. The van der Waals surface area contributed by atoms with E-state index in [1.54, 1.807) is 5.56 Å². The summed E-state index contributed by atoms with van der Waals surface area (Å²) < 4.78 is 33.6. The van der Waals surface area contributed by atoms with Crippen LogP contribution in [-0.4, -0.2) is 12.2 Å². The Bertz CT molecular complexity index is 774. The lowest BCUT2D eigenvalue weighted by Crippen LogP contribution is -2.25. The summed E-state index contributed by atoms with van der Waals surface area (Å²) in [6.07, 6.45) is 3.49. The van der Waals surface area contributed by atoms with Gasteiger partial charge in [-0.3, -0.25) is 4.79 Å². The zero-order valence-corrected chi connectivity index (χ0v) is 15.2. The van der Waals surface area contributed by atoms with Crippen molar-refractivity contribution in [3.63, 3.8) is 0 Å². The second-order valence-electron chi connectivity index (χ2n) is 6.76. The molecule has 0 unspecified atom stereocenters. The number of hydrogen-bond donors (Lipinski definition) is 1. The molecule has 1 N–H and O–H groups in total. The third-order valence-electron chi connectivity index (χ3n) is 4.60. The van der Waals surface area contributed by atoms with Gasteiger partial charge in [-0.25, -0.2) is 0 Å². The molecule has 0 aromatic heterocycles. The maximum atomic E-state index is 12.6. The molecule has 1 amide bonds. The van der Waals surface area contributed by atoms with Gasteiger partial charge in [-0.05, 0) is 36.5 Å². The van der Waals surface area contributed by atoms with Gasteiger partial charge in [-0.15, -0.1) is 8.78 Å². The predicted molar refractivity (Wildman–Crippen MR) is 99.2 cm³/mol. The van der Waals surface area contributed by atoms with Crippen LogP contribution in [0.2, 0.25) is 0 Å². The molecule has 4 rings (SSSR count). The fourth-order valence-electron chi connectivity index (χ4n) is 3.39. The van der Waals surface area contributed by atoms with Crippen LogP contribution in [0.25, 0.3) is 0 Å². The van der Waals surface area contributed by atoms with Gasteiger partial charge in [0.25, 0.3) is 0 Å². The second-order valence-corrected chi connectivity index (χ2v) is 6.76. The molecule has 1 aliphatic heterocycles. The molecule has 0 spiro atoms. The van der Waals surface area contributed by atoms with Gasteiger partial charge in [0.05, 0.1) is 0 Å². The highest BCUT2D eigenvalue weighted by atomic mass is 19.3. The first-order valence-corrected chi connectivity index (χ1v) is 9.15. The average Bonchev–Trinajstić information content (AvgIpc) is 2.96. The van der Waals surface area contributed by atoms with E-state index in [0.29, 0.717) is 5.69 Å². The van der Waals surface area contributed by atoms with Crippen LogP contribution in [0.15, 0.2) is 48.5 Å². The van der Waals surface area contributed by atoms with E-state index >= 15 is 0 Å². The molecule has 27 heavy (non-hydrogen) atoms. The number of fused-ring (bicyclic) bond motifs is 1. The van der Waals surface area contributed by atoms with Crippen molar-refractivity contribution in [3.05, 3.63) is 54.1 Å². The van der Waals surface area contributed by atoms with E-state index in [0.717, 1.165) is 5.92 Å². The minimum Gasteiger partial charge on any atom is -0.395 e. The van der Waals surface area contributed by atoms with Gasteiger partial charge in [-0.1, -0.05) is 49.6 Å². The molecule has 2 aromatic carbocycles. The summed E-state index contributed by atoms with van der Waals surface area (Å²) in [4.78, 5) is 10.7. The molecular formula is C21H23F2NO3. The number of nitrogens with one attached hydrogen (secondary N) is 1. The van der Waals surface area contributed by atoms with Crippen molar-refractivity contribution in [2.45, 2.75) is 51.2 Å². The molecule has 0 bridgehead atoms. The quantitative estimate of drug-likeness (QED) is 0.732. The summed E-state index contributed by atoms with van der Waals surface area (Å²) >= 11 is 0. The number of carbonyl (C=O) groups excluding carboxylic acids is 1. The first-order chi connectivity index (χ1) is 12.9. The summed E-state index contributed by atoms with van der Waals surface area (Å²) in [5.41, 5.74) is 1.93. The van der Waals surface area contributed by atoms with E-state index in [9.17, 15) is 13.6 Å². The molecule has 1 saturated carbocycles. The Morgan fingerprint density at radius 1 is 1.00 bits per heavy atom. The fourth-order valence-corrected chi connectivity index (χ4v) is 3.39. The van der Waals surface area contributed by atoms with Crippen molar-refractivity contribution < 1.29 is 23.0 Å². The number of rotatable bonds is 2. The van der Waals surface area contributed by atoms with Crippen molar-refractivity contribution in [2.75, 3.05) is 5.32 Å². The molecule has 2 aliphatic rings. The van der Waals surface area contributed by atoms with E-state index in [4.69, 9.17) is 0 Å². The smallest absolute Gasteiger partial charge is 0.395 e. The Morgan fingerprint density at radius 2 is 1.67 bits per heavy atom. The standard InChI is InChI=1S/C12H16.C9H7F2NO3/c1-3-7-11(8-4-1)12-9-5-2-6-10-12;1-5(13)12-6-2-3-7-8(4-6)15-9(10,11)14-7/h1,3-4,7-8,12H,2,5-6,9-10H2;2-4H,1H3,(H,12,13). The highest BCUT2D eigenvalue weighted by molar-refractivity contribution is 5.89. The number of anilines is 1. The van der Waals surface area contributed by atoms with Gasteiger partial charge in [0.1, 0.15) is 0 Å². The number of halogens is 2. The van der Waals surface area contributed by atoms with Crippen molar-refractivity contribution in [3.8, 4) is 11.5 Å². The Hall–Kier alpha value is -2.63. The Kier molecular flexibility index (Phi) is 5.94. The highest BCUT2D eigenvalue weighted by Crippen LogP contribution is 2.42. The van der Waals surface area contributed by atoms with E-state index in [1.165, 1.54) is 57.2 Å². The summed E-state index contributed by atoms with van der Waals surface area (Å²) in [5.74, 6) is 0.431. The molecule has 6 heteroatoms. The van der Waals surface area contributed by atoms with E-state index in [-0.39, 0.29) is 17.4 Å². The summed E-state index contributed by atoms with van der Waals surface area (Å²) in [6, 6.07) is 15.0. The van der Waals surface area contributed by atoms with E-state index in [1.807, 2.05) is 0 Å². The molecular weight excluding hydrogens is 352 g/mol. The molecule has 1 aliphatic carbocycles. The van der Waals surface area contributed by atoms with Gasteiger partial charge < -0.3 is 14.8 Å². The number of carbonyl (C=O) groups is 1. The van der Waals surface area contributed by atoms with Crippen LogP contribution < -0.4 is 14.8 Å². The third-order valence-corrected chi connectivity index (χ3v) is 4.60. The number of hydrogen-bond acceptors (Lipinski definition) is 3. The van der Waals surface area contributed by atoms with Crippen molar-refractivity contribution >= 4 is 11.6 Å². The second kappa shape index (κ2) is 8.37. The molecule has 4 nitrogen and oxygen atoms in total. The fraction of sp³-hybridized carbons (Fsp3) is 0.381. The number of amides is 1. The predicted octanol–water partition coefficient (Wildman–Crippen LogP) is 5.70. The summed E-state index contributed by atoms with van der Waals surface area (Å²) in [5, 5.41) is 2.44. The minimum atomic E-state index is -3.63. The van der Waals surface area contributed by atoms with Crippen LogP contribution in [0.5, 0.6) is 11.5 Å². The lowest BCUT2D eigenvalue weighted by atomic mass is 9.84. The zero-order valence-electron chi connectivity index (χ0n) is 15.2. The van der Waals surface area contributed by atoms with Crippen LogP contribution >= 0.6 is 0 Å². The van der Waals surface area contributed by atoms with Crippen LogP contribution in [0.3, 0.4) is 0 Å².